The van der Waals surface area contributed by atoms with Crippen molar-refractivity contribution in [2.45, 2.75) is 10.9 Å². The molecular weight excluding hydrogens is 274 g/mol. The van der Waals surface area contributed by atoms with E-state index >= 15 is 0 Å². The maximum absolute atomic E-state index is 12.3. The predicted molar refractivity (Wildman–Crippen MR) is 75.8 cm³/mol. The molecule has 0 aliphatic carbocycles. The maximum atomic E-state index is 12.3. The molecular formula is C14H13N3O2S. The molecule has 3 rings (SSSR count). The first-order valence-corrected chi connectivity index (χ1v) is 7.76. The summed E-state index contributed by atoms with van der Waals surface area (Å²) in [6, 6.07) is 11.2. The Morgan fingerprint density at radius 3 is 2.70 bits per heavy atom. The van der Waals surface area contributed by atoms with Gasteiger partial charge in [0.15, 0.2) is 0 Å². The Bertz CT molecular complexity index is 869. The van der Waals surface area contributed by atoms with E-state index in [1.807, 2.05) is 30.3 Å². The van der Waals surface area contributed by atoms with Gasteiger partial charge in [0.25, 0.3) is 0 Å². The molecule has 102 valence electrons. The lowest BCUT2D eigenvalue weighted by molar-refractivity contribution is 0.577. The summed E-state index contributed by atoms with van der Waals surface area (Å²) in [5.74, 6) is -0.150. The van der Waals surface area contributed by atoms with Gasteiger partial charge in [-0.15, -0.1) is 0 Å². The fourth-order valence-electron chi connectivity index (χ4n) is 2.10. The van der Waals surface area contributed by atoms with Gasteiger partial charge in [-0.1, -0.05) is 24.3 Å². The fraction of sp³-hybridized carbons (Fsp3) is 0.143. The standard InChI is InChI=1S/C14H13N3O2S/c1-17-9-8-15-14(17)20(18,19)10-12-7-6-11-4-2-3-5-13(11)16-12/h2-9H,10H2,1H3. The molecule has 1 aromatic carbocycles. The summed E-state index contributed by atoms with van der Waals surface area (Å²) in [5, 5.41) is 1.05. The Kier molecular flexibility index (Phi) is 3.02. The molecule has 0 atom stereocenters. The van der Waals surface area contributed by atoms with Crippen LogP contribution < -0.4 is 0 Å². The van der Waals surface area contributed by atoms with Crippen LogP contribution in [0.3, 0.4) is 0 Å². The van der Waals surface area contributed by atoms with E-state index in [-0.39, 0.29) is 10.9 Å². The Balaban J connectivity index is 1.99. The Morgan fingerprint density at radius 2 is 1.95 bits per heavy atom. The first-order chi connectivity index (χ1) is 9.56. The van der Waals surface area contributed by atoms with Crippen LogP contribution in [0.5, 0.6) is 0 Å². The summed E-state index contributed by atoms with van der Waals surface area (Å²) in [5.41, 5.74) is 1.31. The van der Waals surface area contributed by atoms with Crippen LogP contribution in [-0.4, -0.2) is 23.0 Å². The van der Waals surface area contributed by atoms with Crippen LogP contribution in [0.25, 0.3) is 10.9 Å². The van der Waals surface area contributed by atoms with Gasteiger partial charge in [0.1, 0.15) is 5.75 Å². The third-order valence-electron chi connectivity index (χ3n) is 3.05. The van der Waals surface area contributed by atoms with Crippen molar-refractivity contribution in [2.75, 3.05) is 0 Å². The predicted octanol–water partition coefficient (Wildman–Crippen LogP) is 1.94. The third kappa shape index (κ3) is 2.30. The highest BCUT2D eigenvalue weighted by Gasteiger charge is 2.20. The minimum absolute atomic E-state index is 0.0625. The number of imidazole rings is 1. The molecule has 2 aromatic heterocycles. The second-order valence-corrected chi connectivity index (χ2v) is 6.46. The van der Waals surface area contributed by atoms with Crippen LogP contribution in [0.1, 0.15) is 5.69 Å². The van der Waals surface area contributed by atoms with Crippen molar-refractivity contribution in [3.63, 3.8) is 0 Å². The zero-order chi connectivity index (χ0) is 14.2. The quantitative estimate of drug-likeness (QED) is 0.738. The smallest absolute Gasteiger partial charge is 0.227 e. The summed E-state index contributed by atoms with van der Waals surface area (Å²) in [4.78, 5) is 8.28. The molecule has 0 saturated heterocycles. The highest BCUT2D eigenvalue weighted by molar-refractivity contribution is 7.90. The second kappa shape index (κ2) is 4.72. The molecule has 0 unspecified atom stereocenters. The number of aromatic nitrogens is 3. The average molecular weight is 287 g/mol. The zero-order valence-corrected chi connectivity index (χ0v) is 11.7. The largest absolute Gasteiger partial charge is 0.325 e. The Hall–Kier alpha value is -2.21. The zero-order valence-electron chi connectivity index (χ0n) is 10.9. The third-order valence-corrected chi connectivity index (χ3v) is 4.67. The van der Waals surface area contributed by atoms with Crippen molar-refractivity contribution in [2.24, 2.45) is 7.05 Å². The lowest BCUT2D eigenvalue weighted by Crippen LogP contribution is -2.11. The number of sulfone groups is 1. The van der Waals surface area contributed by atoms with Crippen molar-refractivity contribution in [3.8, 4) is 0 Å². The van der Waals surface area contributed by atoms with Crippen molar-refractivity contribution in [1.29, 1.82) is 0 Å². The average Bonchev–Trinajstić information content (AvgIpc) is 2.85. The number of fused-ring (bicyclic) bond motifs is 1. The molecule has 0 spiro atoms. The number of para-hydroxylation sites is 1. The molecule has 5 nitrogen and oxygen atoms in total. The lowest BCUT2D eigenvalue weighted by atomic mass is 10.2. The normalized spacial score (nSPS) is 11.8. The van der Waals surface area contributed by atoms with Gasteiger partial charge in [-0.25, -0.2) is 13.4 Å². The molecule has 6 heteroatoms. The summed E-state index contributed by atoms with van der Waals surface area (Å²) in [6.45, 7) is 0. The van der Waals surface area contributed by atoms with Crippen molar-refractivity contribution in [1.82, 2.24) is 14.5 Å². The molecule has 0 aliphatic rings. The number of pyridine rings is 1. The molecule has 0 fully saturated rings. The van der Waals surface area contributed by atoms with Crippen LogP contribution in [0.4, 0.5) is 0 Å². The first kappa shape index (κ1) is 12.8. The van der Waals surface area contributed by atoms with Gasteiger partial charge < -0.3 is 4.57 Å². The number of rotatable bonds is 3. The van der Waals surface area contributed by atoms with Gasteiger partial charge in [0.2, 0.25) is 15.0 Å². The van der Waals surface area contributed by atoms with Crippen LogP contribution in [0.15, 0.2) is 53.9 Å². The summed E-state index contributed by atoms with van der Waals surface area (Å²) < 4.78 is 26.1. The van der Waals surface area contributed by atoms with Gasteiger partial charge >= 0.3 is 0 Å². The number of hydrogen-bond acceptors (Lipinski definition) is 4. The number of hydrogen-bond donors (Lipinski definition) is 0. The van der Waals surface area contributed by atoms with E-state index in [0.717, 1.165) is 10.9 Å². The molecule has 0 radical (unpaired) electrons. The van der Waals surface area contributed by atoms with Crippen LogP contribution >= 0.6 is 0 Å². The monoisotopic (exact) mass is 287 g/mol. The van der Waals surface area contributed by atoms with E-state index in [2.05, 4.69) is 9.97 Å². The van der Waals surface area contributed by atoms with E-state index < -0.39 is 9.84 Å². The van der Waals surface area contributed by atoms with E-state index in [0.29, 0.717) is 5.69 Å². The summed E-state index contributed by atoms with van der Waals surface area (Å²) in [6.07, 6.45) is 3.08. The van der Waals surface area contributed by atoms with E-state index in [1.54, 1.807) is 19.3 Å². The lowest BCUT2D eigenvalue weighted by Gasteiger charge is -2.05. The molecule has 0 N–H and O–H groups in total. The molecule has 0 saturated carbocycles. The number of aryl methyl sites for hydroxylation is 1. The van der Waals surface area contributed by atoms with Crippen molar-refractivity contribution >= 4 is 20.7 Å². The molecule has 20 heavy (non-hydrogen) atoms. The van der Waals surface area contributed by atoms with E-state index in [4.69, 9.17) is 0 Å². The van der Waals surface area contributed by atoms with Crippen LogP contribution in [0.2, 0.25) is 0 Å². The van der Waals surface area contributed by atoms with E-state index in [1.165, 1.54) is 10.8 Å². The molecule has 3 aromatic rings. The highest BCUT2D eigenvalue weighted by Crippen LogP contribution is 2.16. The van der Waals surface area contributed by atoms with Crippen molar-refractivity contribution in [3.05, 3.63) is 54.5 Å². The van der Waals surface area contributed by atoms with Crippen molar-refractivity contribution < 1.29 is 8.42 Å². The minimum Gasteiger partial charge on any atom is -0.325 e. The molecule has 0 bridgehead atoms. The van der Waals surface area contributed by atoms with Gasteiger partial charge in [0.05, 0.1) is 11.2 Å². The summed E-state index contributed by atoms with van der Waals surface area (Å²) >= 11 is 0. The molecule has 0 aliphatic heterocycles. The number of nitrogens with zero attached hydrogens (tertiary/aromatic N) is 3. The van der Waals surface area contributed by atoms with Gasteiger partial charge in [-0.2, -0.15) is 0 Å². The molecule has 0 amide bonds. The SMILES string of the molecule is Cn1ccnc1S(=O)(=O)Cc1ccc2ccccc2n1. The summed E-state index contributed by atoms with van der Waals surface area (Å²) in [7, 11) is -1.82. The van der Waals surface area contributed by atoms with Gasteiger partial charge in [-0.3, -0.25) is 4.98 Å². The maximum Gasteiger partial charge on any atom is 0.227 e. The molecule has 2 heterocycles. The highest BCUT2D eigenvalue weighted by atomic mass is 32.2. The number of benzene rings is 1. The Morgan fingerprint density at radius 1 is 1.15 bits per heavy atom. The van der Waals surface area contributed by atoms with Crippen LogP contribution in [0, 0.1) is 0 Å². The Labute approximate surface area is 116 Å². The van der Waals surface area contributed by atoms with Gasteiger partial charge in [0, 0.05) is 24.8 Å². The first-order valence-electron chi connectivity index (χ1n) is 6.11. The fourth-order valence-corrected chi connectivity index (χ4v) is 3.50. The minimum atomic E-state index is -3.48. The topological polar surface area (TPSA) is 64.8 Å². The van der Waals surface area contributed by atoms with Gasteiger partial charge in [-0.05, 0) is 12.1 Å². The van der Waals surface area contributed by atoms with E-state index in [9.17, 15) is 8.42 Å². The van der Waals surface area contributed by atoms with Crippen LogP contribution in [-0.2, 0) is 22.6 Å². The second-order valence-electron chi connectivity index (χ2n) is 4.58.